The fraction of sp³-hybridized carbons (Fsp3) is 0.375. The molecule has 9 nitrogen and oxygen atoms in total. The number of rotatable bonds is 4. The monoisotopic (exact) mass is 277 g/mol. The van der Waals surface area contributed by atoms with Gasteiger partial charge in [-0.25, -0.2) is 23.1 Å². The number of carbonyl (C=O) groups is 3. The molecule has 3 amide bonds. The van der Waals surface area contributed by atoms with Crippen LogP contribution in [0.15, 0.2) is 0 Å². The lowest BCUT2D eigenvalue weighted by atomic mass is 10.2. The minimum absolute atomic E-state index is 0.423. The first-order chi connectivity index (χ1) is 8.75. The number of aromatic carboxylic acids is 1. The third kappa shape index (κ3) is 3.00. The molecular weight excluding hydrogens is 268 g/mol. The normalized spacial score (nSPS) is 12.2. The predicted octanol–water partition coefficient (Wildman–Crippen LogP) is -0.330. The number of urea groups is 1. The number of amides is 3. The van der Waals surface area contributed by atoms with Crippen LogP contribution in [0.3, 0.4) is 0 Å². The standard InChI is InChI=1S/C8H9F2N5O4/c1-2(6(16)12-8(11)19)15-4(5(9)10)3(7(17)18)13-14-15/h2,5H,1H3,(H,17,18)(H3,11,12,16,19). The second kappa shape index (κ2) is 5.37. The van der Waals surface area contributed by atoms with Gasteiger partial charge >= 0.3 is 12.0 Å². The van der Waals surface area contributed by atoms with E-state index >= 15 is 0 Å². The molecular formula is C8H9F2N5O4. The summed E-state index contributed by atoms with van der Waals surface area (Å²) >= 11 is 0. The zero-order chi connectivity index (χ0) is 14.7. The van der Waals surface area contributed by atoms with Gasteiger partial charge < -0.3 is 10.8 Å². The Kier molecular flexibility index (Phi) is 4.09. The van der Waals surface area contributed by atoms with Crippen molar-refractivity contribution in [1.82, 2.24) is 20.3 Å². The Morgan fingerprint density at radius 2 is 2.00 bits per heavy atom. The number of carbonyl (C=O) groups excluding carboxylic acids is 2. The third-order valence-corrected chi connectivity index (χ3v) is 2.13. The Morgan fingerprint density at radius 3 is 2.42 bits per heavy atom. The quantitative estimate of drug-likeness (QED) is 0.688. The third-order valence-electron chi connectivity index (χ3n) is 2.13. The molecule has 1 heterocycles. The van der Waals surface area contributed by atoms with E-state index in [9.17, 15) is 23.2 Å². The summed E-state index contributed by atoms with van der Waals surface area (Å²) in [5.41, 5.74) is 2.71. The van der Waals surface area contributed by atoms with E-state index in [1.165, 1.54) is 0 Å². The lowest BCUT2D eigenvalue weighted by molar-refractivity contribution is -0.123. The number of nitrogens with one attached hydrogen (secondary N) is 1. The summed E-state index contributed by atoms with van der Waals surface area (Å²) in [5.74, 6) is -2.72. The lowest BCUT2D eigenvalue weighted by Crippen LogP contribution is -2.39. The molecule has 104 valence electrons. The van der Waals surface area contributed by atoms with Crippen molar-refractivity contribution in [2.24, 2.45) is 5.73 Å². The van der Waals surface area contributed by atoms with Gasteiger partial charge in [0.2, 0.25) is 0 Å². The number of imide groups is 1. The summed E-state index contributed by atoms with van der Waals surface area (Å²) in [6.45, 7) is 1.13. The summed E-state index contributed by atoms with van der Waals surface area (Å²) < 4.78 is 26.0. The van der Waals surface area contributed by atoms with Crippen LogP contribution in [-0.2, 0) is 4.79 Å². The number of hydrogen-bond donors (Lipinski definition) is 3. The number of nitrogens with zero attached hydrogens (tertiary/aromatic N) is 3. The summed E-state index contributed by atoms with van der Waals surface area (Å²) in [5, 5.41) is 16.6. The molecule has 1 aromatic heterocycles. The highest BCUT2D eigenvalue weighted by molar-refractivity contribution is 5.95. The molecule has 0 saturated heterocycles. The minimum atomic E-state index is -3.20. The van der Waals surface area contributed by atoms with E-state index in [-0.39, 0.29) is 0 Å². The maximum atomic E-state index is 12.8. The van der Waals surface area contributed by atoms with Crippen LogP contribution >= 0.6 is 0 Å². The van der Waals surface area contributed by atoms with Gasteiger partial charge in [-0.3, -0.25) is 10.1 Å². The van der Waals surface area contributed by atoms with Gasteiger partial charge in [0.05, 0.1) is 0 Å². The van der Waals surface area contributed by atoms with E-state index in [2.05, 4.69) is 10.3 Å². The van der Waals surface area contributed by atoms with Gasteiger partial charge in [-0.05, 0) is 6.92 Å². The largest absolute Gasteiger partial charge is 0.476 e. The number of halogens is 2. The van der Waals surface area contributed by atoms with Crippen molar-refractivity contribution in [3.05, 3.63) is 11.4 Å². The molecule has 4 N–H and O–H groups in total. The topological polar surface area (TPSA) is 140 Å². The number of alkyl halides is 2. The maximum Gasteiger partial charge on any atom is 0.358 e. The maximum absolute atomic E-state index is 12.8. The fourth-order valence-electron chi connectivity index (χ4n) is 1.28. The van der Waals surface area contributed by atoms with Crippen LogP contribution in [0, 0.1) is 0 Å². The first-order valence-corrected chi connectivity index (χ1v) is 4.82. The summed E-state index contributed by atoms with van der Waals surface area (Å²) in [6, 6.07) is -2.55. The smallest absolute Gasteiger partial charge is 0.358 e. The SMILES string of the molecule is CC(C(=O)NC(N)=O)n1nnc(C(=O)O)c1C(F)F. The number of carboxylic acid groups (broad SMARTS) is 1. The van der Waals surface area contributed by atoms with Crippen molar-refractivity contribution in [2.45, 2.75) is 19.4 Å². The number of carboxylic acids is 1. The molecule has 1 unspecified atom stereocenters. The van der Waals surface area contributed by atoms with E-state index in [0.29, 0.717) is 4.68 Å². The van der Waals surface area contributed by atoms with Gasteiger partial charge in [-0.2, -0.15) is 0 Å². The highest BCUT2D eigenvalue weighted by Crippen LogP contribution is 2.24. The molecule has 0 fully saturated rings. The van der Waals surface area contributed by atoms with Gasteiger partial charge in [0.15, 0.2) is 5.69 Å². The molecule has 0 aliphatic rings. The highest BCUT2D eigenvalue weighted by atomic mass is 19.3. The van der Waals surface area contributed by atoms with Crippen LogP contribution < -0.4 is 11.1 Å². The van der Waals surface area contributed by atoms with Crippen molar-refractivity contribution in [2.75, 3.05) is 0 Å². The molecule has 0 saturated carbocycles. The molecule has 0 bridgehead atoms. The Hall–Kier alpha value is -2.59. The Labute approximate surface area is 104 Å². The first-order valence-electron chi connectivity index (χ1n) is 4.82. The van der Waals surface area contributed by atoms with E-state index in [1.807, 2.05) is 0 Å². The van der Waals surface area contributed by atoms with Crippen molar-refractivity contribution in [3.63, 3.8) is 0 Å². The van der Waals surface area contributed by atoms with Crippen LogP contribution in [-0.4, -0.2) is 38.0 Å². The number of nitrogens with two attached hydrogens (primary N) is 1. The van der Waals surface area contributed by atoms with Crippen LogP contribution in [0.1, 0.15) is 35.6 Å². The van der Waals surface area contributed by atoms with Gasteiger partial charge in [0.25, 0.3) is 12.3 Å². The van der Waals surface area contributed by atoms with E-state index in [1.54, 1.807) is 5.32 Å². The van der Waals surface area contributed by atoms with Gasteiger partial charge in [0.1, 0.15) is 11.7 Å². The van der Waals surface area contributed by atoms with Gasteiger partial charge in [-0.15, -0.1) is 5.10 Å². The molecule has 19 heavy (non-hydrogen) atoms. The summed E-state index contributed by atoms with van der Waals surface area (Å²) in [4.78, 5) is 32.6. The lowest BCUT2D eigenvalue weighted by Gasteiger charge is -2.13. The van der Waals surface area contributed by atoms with Crippen molar-refractivity contribution >= 4 is 17.9 Å². The number of primary amides is 1. The van der Waals surface area contributed by atoms with E-state index in [4.69, 9.17) is 10.8 Å². The van der Waals surface area contributed by atoms with Gasteiger partial charge in [-0.1, -0.05) is 5.21 Å². The first kappa shape index (κ1) is 14.5. The van der Waals surface area contributed by atoms with E-state index < -0.39 is 41.8 Å². The van der Waals surface area contributed by atoms with E-state index in [0.717, 1.165) is 6.92 Å². The van der Waals surface area contributed by atoms with Crippen LogP contribution in [0.2, 0.25) is 0 Å². The highest BCUT2D eigenvalue weighted by Gasteiger charge is 2.30. The molecule has 0 aromatic carbocycles. The number of aromatic nitrogens is 3. The molecule has 11 heteroatoms. The summed E-state index contributed by atoms with van der Waals surface area (Å²) in [6.07, 6.45) is -3.20. The van der Waals surface area contributed by atoms with Crippen molar-refractivity contribution in [3.8, 4) is 0 Å². The zero-order valence-electron chi connectivity index (χ0n) is 9.50. The van der Waals surface area contributed by atoms with Crippen LogP contribution in [0.4, 0.5) is 13.6 Å². The average Bonchev–Trinajstić information content (AvgIpc) is 2.71. The van der Waals surface area contributed by atoms with Gasteiger partial charge in [0, 0.05) is 0 Å². The molecule has 0 aliphatic heterocycles. The molecule has 1 aromatic rings. The Balaban J connectivity index is 3.16. The molecule has 0 aliphatic carbocycles. The second-order valence-electron chi connectivity index (χ2n) is 3.40. The Bertz CT molecular complexity index is 529. The number of hydrogen-bond acceptors (Lipinski definition) is 5. The molecule has 1 atom stereocenters. The molecule has 0 radical (unpaired) electrons. The molecule has 0 spiro atoms. The fourth-order valence-corrected chi connectivity index (χ4v) is 1.28. The minimum Gasteiger partial charge on any atom is -0.476 e. The van der Waals surface area contributed by atoms with Crippen molar-refractivity contribution < 1.29 is 28.3 Å². The molecule has 1 rings (SSSR count). The summed E-state index contributed by atoms with van der Waals surface area (Å²) in [7, 11) is 0. The van der Waals surface area contributed by atoms with Crippen LogP contribution in [0.5, 0.6) is 0 Å². The predicted molar refractivity (Wildman–Crippen MR) is 54.4 cm³/mol. The van der Waals surface area contributed by atoms with Crippen LogP contribution in [0.25, 0.3) is 0 Å². The van der Waals surface area contributed by atoms with Crippen molar-refractivity contribution in [1.29, 1.82) is 0 Å². The second-order valence-corrected chi connectivity index (χ2v) is 3.40. The zero-order valence-corrected chi connectivity index (χ0v) is 9.50. The Morgan fingerprint density at radius 1 is 1.42 bits per heavy atom. The average molecular weight is 277 g/mol.